The van der Waals surface area contributed by atoms with E-state index in [0.717, 1.165) is 19.0 Å². The zero-order chi connectivity index (χ0) is 14.3. The molecule has 1 aliphatic heterocycles. The Labute approximate surface area is 117 Å². The summed E-state index contributed by atoms with van der Waals surface area (Å²) in [5.41, 5.74) is 0.0266. The molecule has 3 heteroatoms. The van der Waals surface area contributed by atoms with Crippen molar-refractivity contribution in [1.82, 2.24) is 10.2 Å². The van der Waals surface area contributed by atoms with E-state index in [1.165, 1.54) is 12.8 Å². The lowest BCUT2D eigenvalue weighted by atomic mass is 9.93. The molecule has 1 saturated heterocycles. The standard InChI is InChI=1S/C16H28N2O/c1-5-6-7-10-15(19)17-13-16(3,4)18-11-8-9-14(2)12-18/h5-7,10,14H,8-9,11-13H2,1-4H3,(H,17,19). The number of amides is 1. The molecule has 108 valence electrons. The molecule has 1 aliphatic rings. The van der Waals surface area contributed by atoms with Gasteiger partial charge < -0.3 is 5.32 Å². The number of carbonyl (C=O) groups is 1. The lowest BCUT2D eigenvalue weighted by molar-refractivity contribution is -0.117. The predicted octanol–water partition coefficient (Wildman–Crippen LogP) is 2.75. The summed E-state index contributed by atoms with van der Waals surface area (Å²) in [5, 5.41) is 2.99. The average molecular weight is 264 g/mol. The minimum Gasteiger partial charge on any atom is -0.351 e. The number of nitrogens with zero attached hydrogens (tertiary/aromatic N) is 1. The third-order valence-corrected chi connectivity index (χ3v) is 3.76. The van der Waals surface area contributed by atoms with Gasteiger partial charge in [0, 0.05) is 24.7 Å². The first-order chi connectivity index (χ1) is 8.95. The highest BCUT2D eigenvalue weighted by atomic mass is 16.1. The summed E-state index contributed by atoms with van der Waals surface area (Å²) in [6.45, 7) is 11.6. The molecule has 0 aromatic heterocycles. The molecular formula is C16H28N2O. The molecule has 1 atom stereocenters. The van der Waals surface area contributed by atoms with E-state index in [1.807, 2.05) is 19.1 Å². The van der Waals surface area contributed by atoms with Crippen molar-refractivity contribution in [3.8, 4) is 0 Å². The van der Waals surface area contributed by atoms with Crippen LogP contribution in [0.4, 0.5) is 0 Å². The molecule has 0 aliphatic carbocycles. The first-order valence-electron chi connectivity index (χ1n) is 7.28. The second kappa shape index (κ2) is 7.49. The van der Waals surface area contributed by atoms with Crippen LogP contribution in [-0.4, -0.2) is 36.0 Å². The highest BCUT2D eigenvalue weighted by molar-refractivity contribution is 5.87. The van der Waals surface area contributed by atoms with Crippen molar-refractivity contribution in [2.45, 2.75) is 46.1 Å². The Balaban J connectivity index is 2.43. The highest BCUT2D eigenvalue weighted by Gasteiger charge is 2.30. The van der Waals surface area contributed by atoms with Crippen molar-refractivity contribution in [3.05, 3.63) is 24.3 Å². The number of allylic oxidation sites excluding steroid dienone is 3. The Kier molecular flexibility index (Phi) is 6.29. The Morgan fingerprint density at radius 3 is 2.79 bits per heavy atom. The van der Waals surface area contributed by atoms with Crippen LogP contribution in [0.5, 0.6) is 0 Å². The van der Waals surface area contributed by atoms with Crippen molar-refractivity contribution < 1.29 is 4.79 Å². The van der Waals surface area contributed by atoms with E-state index >= 15 is 0 Å². The molecule has 0 spiro atoms. The number of hydrogen-bond acceptors (Lipinski definition) is 2. The van der Waals surface area contributed by atoms with Gasteiger partial charge in [-0.1, -0.05) is 25.2 Å². The third-order valence-electron chi connectivity index (χ3n) is 3.76. The molecule has 19 heavy (non-hydrogen) atoms. The van der Waals surface area contributed by atoms with Crippen LogP contribution < -0.4 is 5.32 Å². The van der Waals surface area contributed by atoms with Gasteiger partial charge in [-0.15, -0.1) is 0 Å². The largest absolute Gasteiger partial charge is 0.351 e. The van der Waals surface area contributed by atoms with E-state index in [4.69, 9.17) is 0 Å². The summed E-state index contributed by atoms with van der Waals surface area (Å²) < 4.78 is 0. The molecule has 0 aromatic carbocycles. The molecule has 1 rings (SSSR count). The highest BCUT2D eigenvalue weighted by Crippen LogP contribution is 2.23. The van der Waals surface area contributed by atoms with Gasteiger partial charge in [-0.25, -0.2) is 0 Å². The minimum atomic E-state index is -0.0174. The van der Waals surface area contributed by atoms with E-state index in [2.05, 4.69) is 31.0 Å². The number of hydrogen-bond donors (Lipinski definition) is 1. The molecule has 0 saturated carbocycles. The van der Waals surface area contributed by atoms with Crippen molar-refractivity contribution in [2.24, 2.45) is 5.92 Å². The van der Waals surface area contributed by atoms with Crippen LogP contribution in [0.1, 0.15) is 40.5 Å². The molecule has 1 amide bonds. The van der Waals surface area contributed by atoms with Crippen molar-refractivity contribution in [2.75, 3.05) is 19.6 Å². The molecule has 0 radical (unpaired) electrons. The normalized spacial score (nSPS) is 22.2. The summed E-state index contributed by atoms with van der Waals surface area (Å²) in [6, 6.07) is 0. The maximum absolute atomic E-state index is 11.7. The number of piperidine rings is 1. The number of carbonyl (C=O) groups excluding carboxylic acids is 1. The van der Waals surface area contributed by atoms with Gasteiger partial charge in [0.15, 0.2) is 0 Å². The number of likely N-dealkylation sites (tertiary alicyclic amines) is 1. The van der Waals surface area contributed by atoms with Crippen LogP contribution in [0.3, 0.4) is 0 Å². The average Bonchev–Trinajstić information content (AvgIpc) is 2.37. The summed E-state index contributed by atoms with van der Waals surface area (Å²) in [6.07, 6.45) is 9.70. The second-order valence-electron chi connectivity index (χ2n) is 6.11. The zero-order valence-corrected chi connectivity index (χ0v) is 12.8. The Hall–Kier alpha value is -1.09. The number of rotatable bonds is 5. The van der Waals surface area contributed by atoms with Gasteiger partial charge in [-0.2, -0.15) is 0 Å². The van der Waals surface area contributed by atoms with E-state index in [1.54, 1.807) is 12.2 Å². The summed E-state index contributed by atoms with van der Waals surface area (Å²) in [7, 11) is 0. The Morgan fingerprint density at radius 1 is 1.42 bits per heavy atom. The monoisotopic (exact) mass is 264 g/mol. The molecule has 1 heterocycles. The van der Waals surface area contributed by atoms with E-state index < -0.39 is 0 Å². The number of nitrogens with one attached hydrogen (secondary N) is 1. The quantitative estimate of drug-likeness (QED) is 0.612. The smallest absolute Gasteiger partial charge is 0.244 e. The first-order valence-corrected chi connectivity index (χ1v) is 7.28. The molecule has 1 fully saturated rings. The van der Waals surface area contributed by atoms with Gasteiger partial charge in [0.1, 0.15) is 0 Å². The van der Waals surface area contributed by atoms with Crippen LogP contribution in [0.15, 0.2) is 24.3 Å². The zero-order valence-electron chi connectivity index (χ0n) is 12.8. The Bertz CT molecular complexity index is 345. The third kappa shape index (κ3) is 5.60. The van der Waals surface area contributed by atoms with Gasteiger partial charge in [-0.3, -0.25) is 9.69 Å². The minimum absolute atomic E-state index is 0.0174. The molecule has 1 unspecified atom stereocenters. The van der Waals surface area contributed by atoms with E-state index in [9.17, 15) is 4.79 Å². The van der Waals surface area contributed by atoms with Crippen molar-refractivity contribution in [1.29, 1.82) is 0 Å². The lowest BCUT2D eigenvalue weighted by Gasteiger charge is -2.43. The first kappa shape index (κ1) is 16.0. The summed E-state index contributed by atoms with van der Waals surface area (Å²) >= 11 is 0. The topological polar surface area (TPSA) is 32.3 Å². The van der Waals surface area contributed by atoms with E-state index in [0.29, 0.717) is 6.54 Å². The van der Waals surface area contributed by atoms with Crippen LogP contribution in [0.25, 0.3) is 0 Å². The summed E-state index contributed by atoms with van der Waals surface area (Å²) in [4.78, 5) is 14.2. The van der Waals surface area contributed by atoms with Gasteiger partial charge in [0.2, 0.25) is 5.91 Å². The second-order valence-corrected chi connectivity index (χ2v) is 6.11. The maximum Gasteiger partial charge on any atom is 0.244 e. The van der Waals surface area contributed by atoms with Gasteiger partial charge >= 0.3 is 0 Å². The molecular weight excluding hydrogens is 236 g/mol. The maximum atomic E-state index is 11.7. The van der Waals surface area contributed by atoms with Crippen LogP contribution in [0, 0.1) is 5.92 Å². The van der Waals surface area contributed by atoms with Gasteiger partial charge in [-0.05, 0) is 46.1 Å². The fourth-order valence-electron chi connectivity index (χ4n) is 2.47. The SMILES string of the molecule is CC=CC=CC(=O)NCC(C)(C)N1CCCC(C)C1. The molecule has 0 bridgehead atoms. The summed E-state index contributed by atoms with van der Waals surface area (Å²) in [5.74, 6) is 0.745. The fourth-order valence-corrected chi connectivity index (χ4v) is 2.47. The molecule has 3 nitrogen and oxygen atoms in total. The van der Waals surface area contributed by atoms with Crippen LogP contribution in [0.2, 0.25) is 0 Å². The lowest BCUT2D eigenvalue weighted by Crippen LogP contribution is -2.54. The Morgan fingerprint density at radius 2 is 2.16 bits per heavy atom. The van der Waals surface area contributed by atoms with Gasteiger partial charge in [0.05, 0.1) is 0 Å². The van der Waals surface area contributed by atoms with Crippen molar-refractivity contribution in [3.63, 3.8) is 0 Å². The van der Waals surface area contributed by atoms with Crippen LogP contribution in [-0.2, 0) is 4.79 Å². The van der Waals surface area contributed by atoms with E-state index in [-0.39, 0.29) is 11.4 Å². The predicted molar refractivity (Wildman–Crippen MR) is 81.0 cm³/mol. The van der Waals surface area contributed by atoms with Gasteiger partial charge in [0.25, 0.3) is 0 Å². The van der Waals surface area contributed by atoms with Crippen molar-refractivity contribution >= 4 is 5.91 Å². The molecule has 0 aromatic rings. The van der Waals surface area contributed by atoms with Crippen LogP contribution >= 0.6 is 0 Å². The molecule has 1 N–H and O–H groups in total. The fraction of sp³-hybridized carbons (Fsp3) is 0.688.